The topological polar surface area (TPSA) is 104 Å². The summed E-state index contributed by atoms with van der Waals surface area (Å²) in [5.74, 6) is -0.918. The molecule has 0 aliphatic rings. The molecule has 0 spiro atoms. The average Bonchev–Trinajstić information content (AvgIpc) is 2.90. The Balaban J connectivity index is 1.47. The molecule has 0 aromatic heterocycles. The number of carbonyl (C=O) groups is 2. The number of aryl methyl sites for hydroxylation is 1. The van der Waals surface area contributed by atoms with E-state index in [1.165, 1.54) is 30.3 Å². The summed E-state index contributed by atoms with van der Waals surface area (Å²) >= 11 is 6.27. The molecule has 7 nitrogen and oxygen atoms in total. The minimum atomic E-state index is -3.87. The van der Waals surface area contributed by atoms with Gasteiger partial charge in [0.05, 0.1) is 26.7 Å². The van der Waals surface area contributed by atoms with Gasteiger partial charge in [0.2, 0.25) is 0 Å². The summed E-state index contributed by atoms with van der Waals surface area (Å²) in [6.45, 7) is 2.29. The van der Waals surface area contributed by atoms with Crippen molar-refractivity contribution in [1.29, 1.82) is 0 Å². The molecule has 4 rings (SSSR count). The number of benzene rings is 4. The number of anilines is 2. The van der Waals surface area contributed by atoms with Gasteiger partial charge >= 0.3 is 0 Å². The monoisotopic (exact) mass is 547 g/mol. The Morgan fingerprint density at radius 3 is 2.21 bits per heavy atom. The van der Waals surface area contributed by atoms with Crippen LogP contribution < -0.4 is 15.4 Å². The van der Waals surface area contributed by atoms with Crippen LogP contribution >= 0.6 is 11.6 Å². The Bertz CT molecular complexity index is 1560. The van der Waals surface area contributed by atoms with Crippen molar-refractivity contribution >= 4 is 44.8 Å². The van der Waals surface area contributed by atoms with Gasteiger partial charge in [0.15, 0.2) is 0 Å². The van der Waals surface area contributed by atoms with E-state index in [-0.39, 0.29) is 27.1 Å². The molecule has 0 bridgehead atoms. The minimum Gasteiger partial charge on any atom is -0.352 e. The van der Waals surface area contributed by atoms with Crippen LogP contribution in [0.5, 0.6) is 0 Å². The van der Waals surface area contributed by atoms with Gasteiger partial charge in [0.25, 0.3) is 21.8 Å². The lowest BCUT2D eigenvalue weighted by Crippen LogP contribution is -2.27. The summed E-state index contributed by atoms with van der Waals surface area (Å²) in [7, 11) is -3.87. The maximum Gasteiger partial charge on any atom is 0.261 e. The van der Waals surface area contributed by atoms with E-state index in [0.29, 0.717) is 24.2 Å². The molecular weight excluding hydrogens is 522 g/mol. The van der Waals surface area contributed by atoms with Crippen LogP contribution in [0.15, 0.2) is 102 Å². The Labute approximate surface area is 226 Å². The maximum absolute atomic E-state index is 13.1. The van der Waals surface area contributed by atoms with Crippen LogP contribution in [0.2, 0.25) is 5.02 Å². The first kappa shape index (κ1) is 26.9. The molecule has 9 heteroatoms. The lowest BCUT2D eigenvalue weighted by molar-refractivity contribution is 0.0955. The summed E-state index contributed by atoms with van der Waals surface area (Å²) in [4.78, 5) is 26.1. The second-order valence-electron chi connectivity index (χ2n) is 8.60. The highest BCUT2D eigenvalue weighted by atomic mass is 35.5. The zero-order valence-electron chi connectivity index (χ0n) is 20.6. The summed E-state index contributed by atoms with van der Waals surface area (Å²) < 4.78 is 28.0. The van der Waals surface area contributed by atoms with E-state index >= 15 is 0 Å². The number of carbonyl (C=O) groups excluding carboxylic acids is 2. The summed E-state index contributed by atoms with van der Waals surface area (Å²) in [6, 6.07) is 27.1. The highest BCUT2D eigenvalue weighted by molar-refractivity contribution is 7.92. The number of amides is 2. The van der Waals surface area contributed by atoms with Crippen LogP contribution in [0.25, 0.3) is 0 Å². The number of rotatable bonds is 9. The van der Waals surface area contributed by atoms with Crippen LogP contribution in [0.1, 0.15) is 31.8 Å². The third kappa shape index (κ3) is 6.79. The van der Waals surface area contributed by atoms with E-state index < -0.39 is 15.9 Å². The minimum absolute atomic E-state index is 0.0510. The number of nitrogens with one attached hydrogen (secondary N) is 3. The first-order chi connectivity index (χ1) is 18.2. The van der Waals surface area contributed by atoms with E-state index in [1.807, 2.05) is 37.3 Å². The predicted octanol–water partition coefficient (Wildman–Crippen LogP) is 5.67. The molecule has 194 valence electrons. The molecular formula is C29H26ClN3O4S. The number of halogens is 1. The molecule has 2 amide bonds. The highest BCUT2D eigenvalue weighted by Crippen LogP contribution is 2.25. The Morgan fingerprint density at radius 2 is 1.47 bits per heavy atom. The number of hydrogen-bond acceptors (Lipinski definition) is 4. The highest BCUT2D eigenvalue weighted by Gasteiger charge is 2.19. The second-order valence-corrected chi connectivity index (χ2v) is 10.7. The van der Waals surface area contributed by atoms with Crippen molar-refractivity contribution < 1.29 is 18.0 Å². The molecule has 0 aliphatic heterocycles. The molecule has 0 radical (unpaired) electrons. The van der Waals surface area contributed by atoms with Crippen LogP contribution in [-0.2, 0) is 16.4 Å². The van der Waals surface area contributed by atoms with Crippen molar-refractivity contribution in [2.24, 2.45) is 0 Å². The molecule has 3 N–H and O–H groups in total. The average molecular weight is 548 g/mol. The number of sulfonamides is 1. The molecule has 4 aromatic rings. The molecule has 0 heterocycles. The predicted molar refractivity (Wildman–Crippen MR) is 150 cm³/mol. The quantitative estimate of drug-likeness (QED) is 0.251. The molecule has 4 aromatic carbocycles. The van der Waals surface area contributed by atoms with Crippen molar-refractivity contribution in [2.75, 3.05) is 16.6 Å². The van der Waals surface area contributed by atoms with Crippen molar-refractivity contribution in [3.8, 4) is 0 Å². The van der Waals surface area contributed by atoms with Gasteiger partial charge in [-0.05, 0) is 61.4 Å². The van der Waals surface area contributed by atoms with Gasteiger partial charge in [-0.3, -0.25) is 14.3 Å². The van der Waals surface area contributed by atoms with Gasteiger partial charge in [-0.2, -0.15) is 0 Å². The van der Waals surface area contributed by atoms with E-state index in [0.717, 1.165) is 11.1 Å². The molecule has 0 saturated carbocycles. The largest absolute Gasteiger partial charge is 0.352 e. The maximum atomic E-state index is 13.1. The second kappa shape index (κ2) is 11.9. The van der Waals surface area contributed by atoms with Gasteiger partial charge in [0.1, 0.15) is 0 Å². The van der Waals surface area contributed by atoms with Crippen molar-refractivity contribution in [3.05, 3.63) is 124 Å². The number of hydrogen-bond donors (Lipinski definition) is 3. The zero-order valence-corrected chi connectivity index (χ0v) is 22.1. The zero-order chi connectivity index (χ0) is 27.1. The van der Waals surface area contributed by atoms with Crippen molar-refractivity contribution in [1.82, 2.24) is 5.32 Å². The summed E-state index contributed by atoms with van der Waals surface area (Å²) in [6.07, 6.45) is 0.669. The van der Waals surface area contributed by atoms with Gasteiger partial charge in [-0.25, -0.2) is 8.42 Å². The SMILES string of the molecule is Cc1ccc(S(=O)(=O)Nc2ccc(Cl)c(C(=O)Nc3ccccc3C(=O)NCCc3ccccc3)c2)cc1. The fourth-order valence-electron chi connectivity index (χ4n) is 3.73. The first-order valence-corrected chi connectivity index (χ1v) is 13.7. The Morgan fingerprint density at radius 1 is 0.789 bits per heavy atom. The van der Waals surface area contributed by atoms with Crippen LogP contribution in [0.3, 0.4) is 0 Å². The third-order valence-corrected chi connectivity index (χ3v) is 7.48. The van der Waals surface area contributed by atoms with Gasteiger partial charge in [-0.15, -0.1) is 0 Å². The van der Waals surface area contributed by atoms with E-state index in [4.69, 9.17) is 11.6 Å². The standard InChI is InChI=1S/C29H26ClN3O4S/c1-20-11-14-23(15-12-20)38(36,37)33-22-13-16-26(30)25(19-22)29(35)32-27-10-6-5-9-24(27)28(34)31-18-17-21-7-3-2-4-8-21/h2-16,19,33H,17-18H2,1H3,(H,31,34)(H,32,35). The molecule has 0 atom stereocenters. The number of para-hydroxylation sites is 1. The molecule has 0 fully saturated rings. The molecule has 0 saturated heterocycles. The smallest absolute Gasteiger partial charge is 0.261 e. The summed E-state index contributed by atoms with van der Waals surface area (Å²) in [5.41, 5.74) is 2.85. The van der Waals surface area contributed by atoms with Crippen LogP contribution in [0.4, 0.5) is 11.4 Å². The lowest BCUT2D eigenvalue weighted by Gasteiger charge is -2.14. The van der Waals surface area contributed by atoms with Crippen molar-refractivity contribution in [3.63, 3.8) is 0 Å². The Kier molecular flexibility index (Phi) is 8.45. The van der Waals surface area contributed by atoms with Crippen LogP contribution in [-0.4, -0.2) is 26.8 Å². The molecule has 0 aliphatic carbocycles. The van der Waals surface area contributed by atoms with Gasteiger partial charge in [-0.1, -0.05) is 71.8 Å². The van der Waals surface area contributed by atoms with Gasteiger partial charge < -0.3 is 10.6 Å². The van der Waals surface area contributed by atoms with Gasteiger partial charge in [0, 0.05) is 12.2 Å². The normalized spacial score (nSPS) is 11.0. The fourth-order valence-corrected chi connectivity index (χ4v) is 4.99. The van der Waals surface area contributed by atoms with E-state index in [1.54, 1.807) is 36.4 Å². The Hall–Kier alpha value is -4.14. The van der Waals surface area contributed by atoms with E-state index in [9.17, 15) is 18.0 Å². The summed E-state index contributed by atoms with van der Waals surface area (Å²) in [5, 5.41) is 5.73. The molecule has 0 unspecified atom stereocenters. The first-order valence-electron chi connectivity index (χ1n) is 11.8. The lowest BCUT2D eigenvalue weighted by atomic mass is 10.1. The van der Waals surface area contributed by atoms with Crippen LogP contribution in [0, 0.1) is 6.92 Å². The van der Waals surface area contributed by atoms with Crippen molar-refractivity contribution in [2.45, 2.75) is 18.2 Å². The van der Waals surface area contributed by atoms with E-state index in [2.05, 4.69) is 15.4 Å². The molecule has 38 heavy (non-hydrogen) atoms. The fraction of sp³-hybridized carbons (Fsp3) is 0.103. The third-order valence-electron chi connectivity index (χ3n) is 5.76.